The summed E-state index contributed by atoms with van der Waals surface area (Å²) in [4.78, 5) is 15.4. The lowest BCUT2D eigenvalue weighted by Crippen LogP contribution is -2.01. The third-order valence-corrected chi connectivity index (χ3v) is 9.98. The van der Waals surface area contributed by atoms with Gasteiger partial charge in [0, 0.05) is 33.0 Å². The average molecular weight is 678 g/mol. The summed E-state index contributed by atoms with van der Waals surface area (Å²) in [5.41, 5.74) is 11.1. The normalized spacial score (nSPS) is 11.4. The molecule has 0 atom stereocenters. The molecule has 10 aromatic rings. The van der Waals surface area contributed by atoms with Gasteiger partial charge in [-0.3, -0.25) is 0 Å². The minimum Gasteiger partial charge on any atom is -0.455 e. The Morgan fingerprint density at radius 3 is 1.58 bits per heavy atom. The first-order chi connectivity index (χ1) is 26.3. The fraction of sp³-hybridized carbons (Fsp3) is 0. The van der Waals surface area contributed by atoms with E-state index in [0.717, 1.165) is 66.4 Å². The quantitative estimate of drug-likeness (QED) is 0.176. The van der Waals surface area contributed by atoms with Crippen molar-refractivity contribution in [2.45, 2.75) is 0 Å². The highest BCUT2D eigenvalue weighted by atomic mass is 16.3. The largest absolute Gasteiger partial charge is 0.455 e. The lowest BCUT2D eigenvalue weighted by Gasteiger charge is -2.14. The second-order valence-electron chi connectivity index (χ2n) is 13.2. The topological polar surface area (TPSA) is 51.8 Å². The Bertz CT molecular complexity index is 2930. The number of furan rings is 1. The van der Waals surface area contributed by atoms with Crippen molar-refractivity contribution in [1.82, 2.24) is 15.0 Å². The van der Waals surface area contributed by atoms with Gasteiger partial charge in [0.15, 0.2) is 17.5 Å². The maximum Gasteiger partial charge on any atom is 0.164 e. The zero-order chi connectivity index (χ0) is 35.1. The molecule has 2 aromatic heterocycles. The Labute approximate surface area is 306 Å². The summed E-state index contributed by atoms with van der Waals surface area (Å²) in [6.45, 7) is 0. The van der Waals surface area contributed by atoms with E-state index in [1.807, 2.05) is 54.6 Å². The molecule has 4 nitrogen and oxygen atoms in total. The summed E-state index contributed by atoms with van der Waals surface area (Å²) in [6.07, 6.45) is 0. The first-order valence-electron chi connectivity index (χ1n) is 17.8. The third kappa shape index (κ3) is 5.45. The fourth-order valence-corrected chi connectivity index (χ4v) is 7.43. The Morgan fingerprint density at radius 2 is 0.811 bits per heavy atom. The predicted octanol–water partition coefficient (Wildman–Crippen LogP) is 12.9. The molecule has 10 rings (SSSR count). The lowest BCUT2D eigenvalue weighted by molar-refractivity contribution is 0.670. The van der Waals surface area contributed by atoms with E-state index in [9.17, 15) is 0 Å². The zero-order valence-electron chi connectivity index (χ0n) is 28.6. The molecular formula is C49H31N3O. The van der Waals surface area contributed by atoms with Crippen molar-refractivity contribution in [3.63, 3.8) is 0 Å². The van der Waals surface area contributed by atoms with Gasteiger partial charge in [-0.15, -0.1) is 0 Å². The van der Waals surface area contributed by atoms with E-state index in [1.165, 1.54) is 16.3 Å². The third-order valence-electron chi connectivity index (χ3n) is 9.98. The number of hydrogen-bond acceptors (Lipinski definition) is 4. The van der Waals surface area contributed by atoms with Gasteiger partial charge in [-0.1, -0.05) is 176 Å². The van der Waals surface area contributed by atoms with Gasteiger partial charge >= 0.3 is 0 Å². The molecule has 0 radical (unpaired) electrons. The minimum absolute atomic E-state index is 0.607. The van der Waals surface area contributed by atoms with E-state index in [0.29, 0.717) is 17.5 Å². The molecule has 0 spiro atoms. The Kier molecular flexibility index (Phi) is 7.43. The first kappa shape index (κ1) is 30.6. The van der Waals surface area contributed by atoms with Gasteiger partial charge in [0.2, 0.25) is 0 Å². The number of aromatic nitrogens is 3. The van der Waals surface area contributed by atoms with E-state index in [-0.39, 0.29) is 0 Å². The summed E-state index contributed by atoms with van der Waals surface area (Å²) >= 11 is 0. The van der Waals surface area contributed by atoms with Crippen LogP contribution in [0.1, 0.15) is 0 Å². The van der Waals surface area contributed by atoms with Crippen molar-refractivity contribution >= 4 is 32.7 Å². The summed E-state index contributed by atoms with van der Waals surface area (Å²) < 4.78 is 6.62. The molecule has 8 aromatic carbocycles. The van der Waals surface area contributed by atoms with Crippen molar-refractivity contribution in [3.8, 4) is 67.5 Å². The standard InChI is InChI=1S/C49H31N3O/c1-3-14-33(15-4-1)39-30-31-41(45-43-23-11-12-25-44(43)53-46(39)45)40-21-9-10-22-42(40)49-51-47(35-17-5-2-6-18-35)50-48(52-49)36-28-26-34(27-29-36)38-24-13-19-32-16-7-8-20-37(32)38/h1-31H. The number of para-hydroxylation sites is 1. The minimum atomic E-state index is 0.607. The van der Waals surface area contributed by atoms with Crippen LogP contribution in [0.25, 0.3) is 100 Å². The molecule has 53 heavy (non-hydrogen) atoms. The van der Waals surface area contributed by atoms with Crippen LogP contribution in [0, 0.1) is 0 Å². The van der Waals surface area contributed by atoms with Crippen LogP contribution in [0.2, 0.25) is 0 Å². The fourth-order valence-electron chi connectivity index (χ4n) is 7.43. The molecule has 2 heterocycles. The maximum absolute atomic E-state index is 6.62. The van der Waals surface area contributed by atoms with Crippen LogP contribution in [-0.4, -0.2) is 15.0 Å². The van der Waals surface area contributed by atoms with Crippen LogP contribution in [0.4, 0.5) is 0 Å². The second kappa shape index (κ2) is 12.9. The van der Waals surface area contributed by atoms with Gasteiger partial charge in [-0.25, -0.2) is 15.0 Å². The van der Waals surface area contributed by atoms with Crippen LogP contribution >= 0.6 is 0 Å². The maximum atomic E-state index is 6.62. The Morgan fingerprint density at radius 1 is 0.302 bits per heavy atom. The van der Waals surface area contributed by atoms with Crippen LogP contribution < -0.4 is 0 Å². The smallest absolute Gasteiger partial charge is 0.164 e. The summed E-state index contributed by atoms with van der Waals surface area (Å²) in [6, 6.07) is 65.0. The number of hydrogen-bond donors (Lipinski definition) is 0. The van der Waals surface area contributed by atoms with Crippen molar-refractivity contribution in [2.75, 3.05) is 0 Å². The molecule has 0 saturated heterocycles. The van der Waals surface area contributed by atoms with Crippen LogP contribution in [0.5, 0.6) is 0 Å². The molecule has 0 N–H and O–H groups in total. The molecule has 0 unspecified atom stereocenters. The summed E-state index contributed by atoms with van der Waals surface area (Å²) in [5.74, 6) is 1.85. The van der Waals surface area contributed by atoms with E-state index in [4.69, 9.17) is 19.4 Å². The van der Waals surface area contributed by atoms with Crippen molar-refractivity contribution in [3.05, 3.63) is 188 Å². The lowest BCUT2D eigenvalue weighted by atomic mass is 9.92. The summed E-state index contributed by atoms with van der Waals surface area (Å²) in [5, 5.41) is 4.58. The Balaban J connectivity index is 1.15. The summed E-state index contributed by atoms with van der Waals surface area (Å²) in [7, 11) is 0. The zero-order valence-corrected chi connectivity index (χ0v) is 28.6. The average Bonchev–Trinajstić information content (AvgIpc) is 3.64. The highest BCUT2D eigenvalue weighted by molar-refractivity contribution is 6.17. The molecular weight excluding hydrogens is 647 g/mol. The van der Waals surface area contributed by atoms with Crippen LogP contribution in [-0.2, 0) is 0 Å². The molecule has 0 aliphatic rings. The predicted molar refractivity (Wildman–Crippen MR) is 217 cm³/mol. The van der Waals surface area contributed by atoms with Gasteiger partial charge in [0.25, 0.3) is 0 Å². The van der Waals surface area contributed by atoms with Gasteiger partial charge in [-0.2, -0.15) is 0 Å². The second-order valence-corrected chi connectivity index (χ2v) is 13.2. The molecule has 0 bridgehead atoms. The molecule has 0 aliphatic carbocycles. The van der Waals surface area contributed by atoms with E-state index >= 15 is 0 Å². The Hall–Kier alpha value is -7.17. The van der Waals surface area contributed by atoms with Crippen molar-refractivity contribution in [2.24, 2.45) is 0 Å². The van der Waals surface area contributed by atoms with Crippen molar-refractivity contribution in [1.29, 1.82) is 0 Å². The molecule has 0 saturated carbocycles. The monoisotopic (exact) mass is 677 g/mol. The number of nitrogens with zero attached hydrogens (tertiary/aromatic N) is 3. The van der Waals surface area contributed by atoms with Crippen LogP contribution in [0.3, 0.4) is 0 Å². The number of benzene rings is 8. The molecule has 4 heteroatoms. The number of fused-ring (bicyclic) bond motifs is 4. The highest BCUT2D eigenvalue weighted by Crippen LogP contribution is 2.44. The van der Waals surface area contributed by atoms with E-state index in [2.05, 4.69) is 133 Å². The van der Waals surface area contributed by atoms with E-state index in [1.54, 1.807) is 0 Å². The molecule has 248 valence electrons. The number of rotatable bonds is 6. The van der Waals surface area contributed by atoms with Gasteiger partial charge in [0.1, 0.15) is 11.2 Å². The van der Waals surface area contributed by atoms with Gasteiger partial charge < -0.3 is 4.42 Å². The molecule has 0 fully saturated rings. The SMILES string of the molecule is c1ccc(-c2nc(-c3ccc(-c4cccc5ccccc45)cc3)nc(-c3ccccc3-c3ccc(-c4ccccc4)c4oc5ccccc5c34)n2)cc1. The van der Waals surface area contributed by atoms with Gasteiger partial charge in [0.05, 0.1) is 0 Å². The molecule has 0 amide bonds. The van der Waals surface area contributed by atoms with E-state index < -0.39 is 0 Å². The first-order valence-corrected chi connectivity index (χ1v) is 17.8. The highest BCUT2D eigenvalue weighted by Gasteiger charge is 2.21. The van der Waals surface area contributed by atoms with Crippen LogP contribution in [0.15, 0.2) is 192 Å². The molecule has 0 aliphatic heterocycles. The van der Waals surface area contributed by atoms with Gasteiger partial charge in [-0.05, 0) is 50.7 Å². The van der Waals surface area contributed by atoms with Crippen molar-refractivity contribution < 1.29 is 4.42 Å².